The molecule has 2 aliphatic rings. The number of nitrogens with zero attached hydrogens (tertiary/aromatic N) is 1. The monoisotopic (exact) mass is 472 g/mol. The Labute approximate surface area is 205 Å². The second kappa shape index (κ2) is 8.87. The normalized spacial score (nSPS) is 20.3. The number of amides is 3. The van der Waals surface area contributed by atoms with E-state index in [9.17, 15) is 14.4 Å². The molecular weight excluding hydrogens is 440 g/mol. The van der Waals surface area contributed by atoms with Crippen LogP contribution in [-0.4, -0.2) is 45.7 Å². The molecule has 1 aromatic heterocycles. The van der Waals surface area contributed by atoms with E-state index < -0.39 is 12.1 Å². The van der Waals surface area contributed by atoms with Gasteiger partial charge in [0.1, 0.15) is 12.1 Å². The zero-order valence-corrected chi connectivity index (χ0v) is 20.6. The summed E-state index contributed by atoms with van der Waals surface area (Å²) in [6, 6.07) is 13.8. The van der Waals surface area contributed by atoms with Gasteiger partial charge in [-0.25, -0.2) is 0 Å². The van der Waals surface area contributed by atoms with Gasteiger partial charge in [0.2, 0.25) is 11.8 Å². The van der Waals surface area contributed by atoms with Crippen molar-refractivity contribution in [1.82, 2.24) is 20.5 Å². The van der Waals surface area contributed by atoms with Gasteiger partial charge >= 0.3 is 0 Å². The molecule has 35 heavy (non-hydrogen) atoms. The van der Waals surface area contributed by atoms with Crippen molar-refractivity contribution in [2.45, 2.75) is 64.7 Å². The van der Waals surface area contributed by atoms with E-state index in [-0.39, 0.29) is 35.7 Å². The van der Waals surface area contributed by atoms with Crippen LogP contribution >= 0.6 is 0 Å². The first-order chi connectivity index (χ1) is 16.8. The van der Waals surface area contributed by atoms with E-state index in [1.54, 1.807) is 4.90 Å². The number of carbonyl (C=O) groups is 3. The number of para-hydroxylation sites is 1. The van der Waals surface area contributed by atoms with Crippen molar-refractivity contribution in [3.05, 3.63) is 70.9 Å². The number of hydrogen-bond donors (Lipinski definition) is 3. The van der Waals surface area contributed by atoms with Crippen LogP contribution in [0.4, 0.5) is 0 Å². The molecule has 4 atom stereocenters. The number of H-pyrrole nitrogens is 1. The van der Waals surface area contributed by atoms with Crippen molar-refractivity contribution >= 4 is 28.6 Å². The summed E-state index contributed by atoms with van der Waals surface area (Å²) < 4.78 is 0. The molecule has 5 rings (SSSR count). The van der Waals surface area contributed by atoms with Gasteiger partial charge < -0.3 is 20.5 Å². The molecule has 3 amide bonds. The predicted octanol–water partition coefficient (Wildman–Crippen LogP) is 3.69. The summed E-state index contributed by atoms with van der Waals surface area (Å²) in [6.45, 7) is 7.78. The Hall–Kier alpha value is -3.61. The first kappa shape index (κ1) is 23.1. The molecule has 7 nitrogen and oxygen atoms in total. The lowest BCUT2D eigenvalue weighted by Crippen LogP contribution is -2.58. The molecule has 0 radical (unpaired) electrons. The van der Waals surface area contributed by atoms with Crippen molar-refractivity contribution in [2.24, 2.45) is 5.92 Å². The van der Waals surface area contributed by atoms with Gasteiger partial charge in [0, 0.05) is 34.6 Å². The minimum atomic E-state index is -0.718. The van der Waals surface area contributed by atoms with Crippen LogP contribution in [0, 0.1) is 5.92 Å². The standard InChI is InChI=1S/C28H32N4O3/c1-5-16(4)29-27(34)23(15(2)3)31-26(33)22-14-20-17-10-8-9-13-21(17)30-24(20)25-18-11-6-7-12-19(18)28(35)32(22)25/h6-13,15-16,22-23,25,30H,5,14H2,1-4H3,(H,29,34)(H,31,33)/t16?,22-,23-,25?/m0/s1. The van der Waals surface area contributed by atoms with E-state index in [1.807, 2.05) is 70.2 Å². The highest BCUT2D eigenvalue weighted by atomic mass is 16.2. The summed E-state index contributed by atoms with van der Waals surface area (Å²) in [5, 5.41) is 7.04. The van der Waals surface area contributed by atoms with Gasteiger partial charge in [-0.2, -0.15) is 0 Å². The predicted molar refractivity (Wildman–Crippen MR) is 135 cm³/mol. The number of nitrogens with one attached hydrogen (secondary N) is 3. The van der Waals surface area contributed by atoms with Crippen molar-refractivity contribution in [3.8, 4) is 0 Å². The fourth-order valence-electron chi connectivity index (χ4n) is 5.36. The molecule has 7 heteroatoms. The molecule has 3 N–H and O–H groups in total. The number of aromatic nitrogens is 1. The van der Waals surface area contributed by atoms with E-state index in [4.69, 9.17) is 0 Å². The highest BCUT2D eigenvalue weighted by molar-refractivity contribution is 6.04. The molecule has 3 aromatic rings. The fraction of sp³-hybridized carbons (Fsp3) is 0.393. The third-order valence-electron chi connectivity index (χ3n) is 7.40. The van der Waals surface area contributed by atoms with Crippen LogP contribution in [0.25, 0.3) is 10.9 Å². The topological polar surface area (TPSA) is 94.3 Å². The van der Waals surface area contributed by atoms with E-state index in [1.165, 1.54) is 0 Å². The van der Waals surface area contributed by atoms with Crippen molar-refractivity contribution in [2.75, 3.05) is 0 Å². The number of rotatable bonds is 6. The lowest BCUT2D eigenvalue weighted by Gasteiger charge is -2.38. The van der Waals surface area contributed by atoms with E-state index >= 15 is 0 Å². The lowest BCUT2D eigenvalue weighted by molar-refractivity contribution is -0.133. The number of benzene rings is 2. The molecule has 2 aromatic carbocycles. The molecule has 182 valence electrons. The van der Waals surface area contributed by atoms with Gasteiger partial charge in [0.15, 0.2) is 0 Å². The SMILES string of the molecule is CCC(C)NC(=O)[C@@H](NC(=O)[C@@H]1Cc2c([nH]c3ccccc23)C2c3ccccc3C(=O)N21)C(C)C. The molecule has 2 unspecified atom stereocenters. The van der Waals surface area contributed by atoms with Crippen molar-refractivity contribution in [1.29, 1.82) is 0 Å². The first-order valence-electron chi connectivity index (χ1n) is 12.4. The van der Waals surface area contributed by atoms with Gasteiger partial charge in [0.25, 0.3) is 5.91 Å². The molecule has 0 saturated carbocycles. The van der Waals surface area contributed by atoms with Crippen LogP contribution in [0.1, 0.15) is 67.3 Å². The Morgan fingerprint density at radius 1 is 1.06 bits per heavy atom. The molecular formula is C28H32N4O3. The Kier molecular flexibility index (Phi) is 5.87. The largest absolute Gasteiger partial charge is 0.356 e. The average molecular weight is 473 g/mol. The van der Waals surface area contributed by atoms with Gasteiger partial charge in [-0.1, -0.05) is 57.2 Å². The maximum Gasteiger partial charge on any atom is 0.255 e. The van der Waals surface area contributed by atoms with Crippen LogP contribution in [0.15, 0.2) is 48.5 Å². The minimum absolute atomic E-state index is 0.0168. The smallest absolute Gasteiger partial charge is 0.255 e. The van der Waals surface area contributed by atoms with Gasteiger partial charge in [-0.15, -0.1) is 0 Å². The van der Waals surface area contributed by atoms with Gasteiger partial charge in [-0.3, -0.25) is 14.4 Å². The third-order valence-corrected chi connectivity index (χ3v) is 7.40. The fourth-order valence-corrected chi connectivity index (χ4v) is 5.36. The molecule has 0 fully saturated rings. The van der Waals surface area contributed by atoms with Gasteiger partial charge in [-0.05, 0) is 42.5 Å². The van der Waals surface area contributed by atoms with Gasteiger partial charge in [0.05, 0.1) is 6.04 Å². The first-order valence-corrected chi connectivity index (χ1v) is 12.4. The second-order valence-electron chi connectivity index (χ2n) is 10.0. The number of fused-ring (bicyclic) bond motifs is 7. The van der Waals surface area contributed by atoms with E-state index in [0.717, 1.165) is 34.1 Å². The Morgan fingerprint density at radius 3 is 2.51 bits per heavy atom. The maximum atomic E-state index is 13.8. The minimum Gasteiger partial charge on any atom is -0.356 e. The molecule has 0 bridgehead atoms. The number of aromatic amines is 1. The van der Waals surface area contributed by atoms with Crippen LogP contribution in [0.2, 0.25) is 0 Å². The Balaban J connectivity index is 1.54. The molecule has 0 saturated heterocycles. The van der Waals surface area contributed by atoms with Crippen LogP contribution in [-0.2, 0) is 16.0 Å². The summed E-state index contributed by atoms with van der Waals surface area (Å²) >= 11 is 0. The van der Waals surface area contributed by atoms with Crippen molar-refractivity contribution < 1.29 is 14.4 Å². The molecule has 3 heterocycles. The zero-order chi connectivity index (χ0) is 24.9. The van der Waals surface area contributed by atoms with E-state index in [2.05, 4.69) is 21.7 Å². The third kappa shape index (κ3) is 3.79. The highest BCUT2D eigenvalue weighted by Gasteiger charge is 2.49. The summed E-state index contributed by atoms with van der Waals surface area (Å²) in [5.74, 6) is -0.748. The highest BCUT2D eigenvalue weighted by Crippen LogP contribution is 2.46. The average Bonchev–Trinajstić information content (AvgIpc) is 3.37. The summed E-state index contributed by atoms with van der Waals surface area (Å²) in [6.07, 6.45) is 1.19. The Bertz CT molecular complexity index is 1310. The second-order valence-corrected chi connectivity index (χ2v) is 10.0. The lowest BCUT2D eigenvalue weighted by atomic mass is 9.89. The van der Waals surface area contributed by atoms with E-state index in [0.29, 0.717) is 12.0 Å². The molecule has 0 spiro atoms. The van der Waals surface area contributed by atoms with Crippen molar-refractivity contribution in [3.63, 3.8) is 0 Å². The van der Waals surface area contributed by atoms with Crippen LogP contribution in [0.5, 0.6) is 0 Å². The molecule has 0 aliphatic carbocycles. The number of hydrogen-bond acceptors (Lipinski definition) is 3. The maximum absolute atomic E-state index is 13.8. The summed E-state index contributed by atoms with van der Waals surface area (Å²) in [5.41, 5.74) is 4.53. The number of carbonyl (C=O) groups excluding carboxylic acids is 3. The summed E-state index contributed by atoms with van der Waals surface area (Å²) in [7, 11) is 0. The summed E-state index contributed by atoms with van der Waals surface area (Å²) in [4.78, 5) is 45.5. The van der Waals surface area contributed by atoms with Crippen LogP contribution < -0.4 is 10.6 Å². The quantitative estimate of drug-likeness (QED) is 0.511. The molecule has 2 aliphatic heterocycles. The van der Waals surface area contributed by atoms with Crippen LogP contribution in [0.3, 0.4) is 0 Å². The Morgan fingerprint density at radius 2 is 1.77 bits per heavy atom. The zero-order valence-electron chi connectivity index (χ0n) is 20.6.